The summed E-state index contributed by atoms with van der Waals surface area (Å²) in [4.78, 5) is 5.96. The van der Waals surface area contributed by atoms with E-state index in [9.17, 15) is 4.39 Å². The number of hydrogen-bond donors (Lipinski definition) is 1. The van der Waals surface area contributed by atoms with Crippen molar-refractivity contribution in [3.63, 3.8) is 0 Å². The van der Waals surface area contributed by atoms with Gasteiger partial charge in [0, 0.05) is 25.3 Å². The standard InChI is InChI=1S/C10H13ClFN3/c1-13-8-2-3-15(6-8)10-9(12)4-7(11)5-14-10/h4-5,8,13H,2-3,6H2,1H3. The van der Waals surface area contributed by atoms with Crippen LogP contribution in [0.1, 0.15) is 6.42 Å². The van der Waals surface area contributed by atoms with Gasteiger partial charge in [-0.15, -0.1) is 0 Å². The van der Waals surface area contributed by atoms with E-state index in [1.807, 2.05) is 11.9 Å². The van der Waals surface area contributed by atoms with E-state index in [0.717, 1.165) is 19.5 Å². The van der Waals surface area contributed by atoms with Crippen LogP contribution >= 0.6 is 11.6 Å². The van der Waals surface area contributed by atoms with Gasteiger partial charge in [-0.1, -0.05) is 11.6 Å². The predicted octanol–water partition coefficient (Wildman–Crippen LogP) is 1.67. The highest BCUT2D eigenvalue weighted by atomic mass is 35.5. The SMILES string of the molecule is CNC1CCN(c2ncc(Cl)cc2F)C1. The van der Waals surface area contributed by atoms with Crippen LogP contribution < -0.4 is 10.2 Å². The second-order valence-corrected chi connectivity index (χ2v) is 4.12. The van der Waals surface area contributed by atoms with Gasteiger partial charge in [-0.2, -0.15) is 0 Å². The van der Waals surface area contributed by atoms with Crippen molar-refractivity contribution in [1.82, 2.24) is 10.3 Å². The topological polar surface area (TPSA) is 28.2 Å². The first-order chi connectivity index (χ1) is 7.20. The van der Waals surface area contributed by atoms with E-state index in [-0.39, 0.29) is 5.82 Å². The lowest BCUT2D eigenvalue weighted by atomic mass is 10.3. The molecule has 1 atom stereocenters. The summed E-state index contributed by atoms with van der Waals surface area (Å²) in [5, 5.41) is 3.51. The Morgan fingerprint density at radius 2 is 2.47 bits per heavy atom. The maximum absolute atomic E-state index is 13.5. The van der Waals surface area contributed by atoms with Gasteiger partial charge in [-0.05, 0) is 19.5 Å². The number of hydrogen-bond acceptors (Lipinski definition) is 3. The van der Waals surface area contributed by atoms with E-state index < -0.39 is 0 Å². The average molecular weight is 230 g/mol. The Morgan fingerprint density at radius 3 is 3.07 bits per heavy atom. The summed E-state index contributed by atoms with van der Waals surface area (Å²) in [6.45, 7) is 1.62. The fourth-order valence-electron chi connectivity index (χ4n) is 1.83. The van der Waals surface area contributed by atoms with Crippen LogP contribution in [-0.4, -0.2) is 31.2 Å². The summed E-state index contributed by atoms with van der Waals surface area (Å²) < 4.78 is 13.5. The largest absolute Gasteiger partial charge is 0.353 e. The molecule has 0 bridgehead atoms. The van der Waals surface area contributed by atoms with Gasteiger partial charge in [0.05, 0.1) is 5.02 Å². The second-order valence-electron chi connectivity index (χ2n) is 3.68. The molecule has 0 radical (unpaired) electrons. The predicted molar refractivity (Wildman–Crippen MR) is 58.9 cm³/mol. The third-order valence-corrected chi connectivity index (χ3v) is 2.89. The lowest BCUT2D eigenvalue weighted by Gasteiger charge is -2.17. The molecule has 0 spiro atoms. The third-order valence-electron chi connectivity index (χ3n) is 2.68. The first-order valence-electron chi connectivity index (χ1n) is 4.94. The average Bonchev–Trinajstić information content (AvgIpc) is 2.66. The van der Waals surface area contributed by atoms with Gasteiger partial charge in [0.1, 0.15) is 0 Å². The molecule has 1 aliphatic rings. The van der Waals surface area contributed by atoms with E-state index in [2.05, 4.69) is 10.3 Å². The summed E-state index contributed by atoms with van der Waals surface area (Å²) in [5.41, 5.74) is 0. The first-order valence-corrected chi connectivity index (χ1v) is 5.31. The van der Waals surface area contributed by atoms with Gasteiger partial charge in [0.15, 0.2) is 11.6 Å². The molecule has 1 aliphatic heterocycles. The van der Waals surface area contributed by atoms with Crippen molar-refractivity contribution in [2.45, 2.75) is 12.5 Å². The lowest BCUT2D eigenvalue weighted by molar-refractivity contribution is 0.604. The maximum Gasteiger partial charge on any atom is 0.167 e. The van der Waals surface area contributed by atoms with Crippen molar-refractivity contribution in [2.75, 3.05) is 25.0 Å². The Balaban J connectivity index is 2.17. The molecule has 1 N–H and O–H groups in total. The normalized spacial score (nSPS) is 21.0. The molecule has 0 aliphatic carbocycles. The van der Waals surface area contributed by atoms with Crippen molar-refractivity contribution < 1.29 is 4.39 Å². The van der Waals surface area contributed by atoms with Crippen LogP contribution in [0.2, 0.25) is 5.02 Å². The molecule has 1 fully saturated rings. The van der Waals surface area contributed by atoms with Gasteiger partial charge in [0.2, 0.25) is 0 Å². The first kappa shape index (κ1) is 10.6. The molecule has 1 aromatic rings. The summed E-state index contributed by atoms with van der Waals surface area (Å²) in [6.07, 6.45) is 2.49. The minimum Gasteiger partial charge on any atom is -0.353 e. The maximum atomic E-state index is 13.5. The Kier molecular flexibility index (Phi) is 3.07. The molecule has 5 heteroatoms. The molecule has 2 rings (SSSR count). The summed E-state index contributed by atoms with van der Waals surface area (Å²) in [5.74, 6) is 0.0522. The third kappa shape index (κ3) is 2.21. The molecule has 2 heterocycles. The molecular weight excluding hydrogens is 217 g/mol. The van der Waals surface area contributed by atoms with Crippen LogP contribution in [0.15, 0.2) is 12.3 Å². The molecule has 1 saturated heterocycles. The Morgan fingerprint density at radius 1 is 1.67 bits per heavy atom. The molecule has 0 saturated carbocycles. The molecule has 82 valence electrons. The van der Waals surface area contributed by atoms with Crippen molar-refractivity contribution >= 4 is 17.4 Å². The summed E-state index contributed by atoms with van der Waals surface area (Å²) >= 11 is 5.65. The van der Waals surface area contributed by atoms with E-state index in [4.69, 9.17) is 11.6 Å². The molecule has 3 nitrogen and oxygen atoms in total. The molecular formula is C10H13ClFN3. The smallest absolute Gasteiger partial charge is 0.167 e. The zero-order valence-corrected chi connectivity index (χ0v) is 9.26. The van der Waals surface area contributed by atoms with Gasteiger partial charge >= 0.3 is 0 Å². The number of nitrogens with zero attached hydrogens (tertiary/aromatic N) is 2. The van der Waals surface area contributed by atoms with Crippen molar-refractivity contribution in [2.24, 2.45) is 0 Å². The van der Waals surface area contributed by atoms with Gasteiger partial charge in [0.25, 0.3) is 0 Å². The Bertz CT molecular complexity index is 359. The Hall–Kier alpha value is -0.870. The molecule has 1 aromatic heterocycles. The molecule has 1 unspecified atom stereocenters. The number of nitrogens with one attached hydrogen (secondary N) is 1. The number of likely N-dealkylation sites (N-methyl/N-ethyl adjacent to an activating group) is 1. The zero-order valence-electron chi connectivity index (χ0n) is 8.50. The van der Waals surface area contributed by atoms with Crippen LogP contribution in [-0.2, 0) is 0 Å². The highest BCUT2D eigenvalue weighted by molar-refractivity contribution is 6.30. The van der Waals surface area contributed by atoms with Crippen LogP contribution in [0, 0.1) is 5.82 Å². The zero-order chi connectivity index (χ0) is 10.8. The number of pyridine rings is 1. The van der Waals surface area contributed by atoms with Gasteiger partial charge in [-0.25, -0.2) is 9.37 Å². The van der Waals surface area contributed by atoms with Crippen LogP contribution in [0.5, 0.6) is 0 Å². The molecule has 0 aromatic carbocycles. The number of aromatic nitrogens is 1. The number of rotatable bonds is 2. The fourth-order valence-corrected chi connectivity index (χ4v) is 1.97. The van der Waals surface area contributed by atoms with Crippen LogP contribution in [0.4, 0.5) is 10.2 Å². The number of anilines is 1. The highest BCUT2D eigenvalue weighted by Gasteiger charge is 2.24. The van der Waals surface area contributed by atoms with E-state index in [1.165, 1.54) is 12.3 Å². The molecule has 15 heavy (non-hydrogen) atoms. The molecule has 0 amide bonds. The van der Waals surface area contributed by atoms with E-state index in [0.29, 0.717) is 16.9 Å². The summed E-state index contributed by atoms with van der Waals surface area (Å²) in [6, 6.07) is 1.72. The van der Waals surface area contributed by atoms with Gasteiger partial charge in [-0.3, -0.25) is 0 Å². The van der Waals surface area contributed by atoms with Crippen molar-refractivity contribution in [3.8, 4) is 0 Å². The highest BCUT2D eigenvalue weighted by Crippen LogP contribution is 2.23. The monoisotopic (exact) mass is 229 g/mol. The number of halogens is 2. The van der Waals surface area contributed by atoms with Gasteiger partial charge < -0.3 is 10.2 Å². The Labute approximate surface area is 93.2 Å². The lowest BCUT2D eigenvalue weighted by Crippen LogP contribution is -2.30. The minimum atomic E-state index is -0.348. The fraction of sp³-hybridized carbons (Fsp3) is 0.500. The quantitative estimate of drug-likeness (QED) is 0.836. The minimum absolute atomic E-state index is 0.334. The van der Waals surface area contributed by atoms with Crippen molar-refractivity contribution in [3.05, 3.63) is 23.1 Å². The summed E-state index contributed by atoms with van der Waals surface area (Å²) in [7, 11) is 1.92. The van der Waals surface area contributed by atoms with E-state index in [1.54, 1.807) is 0 Å². The van der Waals surface area contributed by atoms with Crippen LogP contribution in [0.3, 0.4) is 0 Å². The van der Waals surface area contributed by atoms with E-state index >= 15 is 0 Å². The second kappa shape index (κ2) is 4.33. The van der Waals surface area contributed by atoms with Crippen molar-refractivity contribution in [1.29, 1.82) is 0 Å². The van der Waals surface area contributed by atoms with Crippen LogP contribution in [0.25, 0.3) is 0 Å².